The van der Waals surface area contributed by atoms with Crippen LogP contribution < -0.4 is 11.3 Å². The van der Waals surface area contributed by atoms with Crippen molar-refractivity contribution in [3.05, 3.63) is 22.6 Å². The van der Waals surface area contributed by atoms with Crippen molar-refractivity contribution in [2.24, 2.45) is 5.92 Å². The summed E-state index contributed by atoms with van der Waals surface area (Å²) < 4.78 is 1.80. The van der Waals surface area contributed by atoms with E-state index in [0.717, 1.165) is 13.0 Å². The van der Waals surface area contributed by atoms with E-state index in [9.17, 15) is 4.79 Å². The van der Waals surface area contributed by atoms with Gasteiger partial charge in [-0.15, -0.1) is 0 Å². The van der Waals surface area contributed by atoms with Crippen molar-refractivity contribution in [1.29, 1.82) is 0 Å². The van der Waals surface area contributed by atoms with Gasteiger partial charge in [-0.2, -0.15) is 4.98 Å². The number of nitrogens with zero attached hydrogens (tertiary/aromatic N) is 2. The van der Waals surface area contributed by atoms with Crippen molar-refractivity contribution in [3.8, 4) is 0 Å². The molecule has 72 valence electrons. The predicted octanol–water partition coefficient (Wildman–Crippen LogP) is 0.872. The van der Waals surface area contributed by atoms with Gasteiger partial charge in [0.05, 0.1) is 0 Å². The van der Waals surface area contributed by atoms with Crippen molar-refractivity contribution >= 4 is 5.95 Å². The highest BCUT2D eigenvalue weighted by molar-refractivity contribution is 5.15. The molecule has 0 saturated carbocycles. The molecular formula is C9H15N3O. The number of hydrogen-bond donors (Lipinski definition) is 1. The molecule has 0 aliphatic carbocycles. The molecule has 1 aromatic heterocycles. The van der Waals surface area contributed by atoms with Crippen LogP contribution in [0, 0.1) is 5.92 Å². The fraction of sp³-hybridized carbons (Fsp3) is 0.556. The third-order valence-electron chi connectivity index (χ3n) is 2.12. The monoisotopic (exact) mass is 181 g/mol. The first-order chi connectivity index (χ1) is 6.13. The van der Waals surface area contributed by atoms with Crippen molar-refractivity contribution < 1.29 is 0 Å². The van der Waals surface area contributed by atoms with Crippen LogP contribution in [0.15, 0.2) is 17.1 Å². The standard InChI is InChI=1S/C9H15N3O/c1-3-7(2)6-12-5-4-8(13)11-9(12)10/h4-5,7H,3,6H2,1-2H3,(H2,10,11,13). The molecule has 0 amide bonds. The summed E-state index contributed by atoms with van der Waals surface area (Å²) >= 11 is 0. The third-order valence-corrected chi connectivity index (χ3v) is 2.12. The lowest BCUT2D eigenvalue weighted by molar-refractivity contribution is 0.467. The van der Waals surface area contributed by atoms with E-state index >= 15 is 0 Å². The number of anilines is 1. The van der Waals surface area contributed by atoms with Gasteiger partial charge in [0.2, 0.25) is 5.95 Å². The van der Waals surface area contributed by atoms with Crippen LogP contribution in [0.1, 0.15) is 20.3 Å². The van der Waals surface area contributed by atoms with E-state index < -0.39 is 0 Å². The fourth-order valence-electron chi connectivity index (χ4n) is 1.06. The first-order valence-electron chi connectivity index (χ1n) is 4.46. The summed E-state index contributed by atoms with van der Waals surface area (Å²) in [6.07, 6.45) is 2.78. The summed E-state index contributed by atoms with van der Waals surface area (Å²) in [5.74, 6) is 0.847. The first-order valence-corrected chi connectivity index (χ1v) is 4.46. The van der Waals surface area contributed by atoms with E-state index in [-0.39, 0.29) is 5.56 Å². The summed E-state index contributed by atoms with van der Waals surface area (Å²) in [7, 11) is 0. The second-order valence-electron chi connectivity index (χ2n) is 3.29. The summed E-state index contributed by atoms with van der Waals surface area (Å²) in [6.45, 7) is 5.07. The normalized spacial score (nSPS) is 12.8. The molecule has 2 N–H and O–H groups in total. The van der Waals surface area contributed by atoms with E-state index in [4.69, 9.17) is 5.73 Å². The molecule has 0 aliphatic rings. The van der Waals surface area contributed by atoms with Crippen LogP contribution in [0.3, 0.4) is 0 Å². The van der Waals surface area contributed by atoms with Gasteiger partial charge in [-0.3, -0.25) is 4.79 Å². The molecular weight excluding hydrogens is 166 g/mol. The van der Waals surface area contributed by atoms with Crippen LogP contribution in [0.5, 0.6) is 0 Å². The Labute approximate surface area is 77.4 Å². The quantitative estimate of drug-likeness (QED) is 0.752. The Morgan fingerprint density at radius 1 is 1.69 bits per heavy atom. The molecule has 1 rings (SSSR count). The minimum Gasteiger partial charge on any atom is -0.369 e. The number of aromatic nitrogens is 2. The minimum atomic E-state index is -0.280. The fourth-order valence-corrected chi connectivity index (χ4v) is 1.06. The van der Waals surface area contributed by atoms with Gasteiger partial charge in [0.1, 0.15) is 0 Å². The average Bonchev–Trinajstić information content (AvgIpc) is 2.09. The number of nitrogen functional groups attached to an aromatic ring is 1. The number of rotatable bonds is 3. The molecule has 0 fully saturated rings. The van der Waals surface area contributed by atoms with Crippen molar-refractivity contribution in [3.63, 3.8) is 0 Å². The molecule has 13 heavy (non-hydrogen) atoms. The highest BCUT2D eigenvalue weighted by atomic mass is 16.1. The van der Waals surface area contributed by atoms with Gasteiger partial charge in [-0.25, -0.2) is 0 Å². The summed E-state index contributed by atoms with van der Waals surface area (Å²) in [5, 5.41) is 0. The van der Waals surface area contributed by atoms with Gasteiger partial charge in [0.15, 0.2) is 0 Å². The largest absolute Gasteiger partial charge is 0.369 e. The Hall–Kier alpha value is -1.32. The van der Waals surface area contributed by atoms with Crippen LogP contribution >= 0.6 is 0 Å². The predicted molar refractivity (Wildman–Crippen MR) is 52.4 cm³/mol. The molecule has 0 aromatic carbocycles. The summed E-state index contributed by atoms with van der Waals surface area (Å²) in [5.41, 5.74) is 5.30. The second kappa shape index (κ2) is 4.07. The molecule has 4 heteroatoms. The Kier molecular flexibility index (Phi) is 3.06. The first kappa shape index (κ1) is 9.77. The van der Waals surface area contributed by atoms with Crippen molar-refractivity contribution in [2.45, 2.75) is 26.8 Å². The lowest BCUT2D eigenvalue weighted by atomic mass is 10.1. The second-order valence-corrected chi connectivity index (χ2v) is 3.29. The zero-order valence-corrected chi connectivity index (χ0v) is 8.03. The van der Waals surface area contributed by atoms with Crippen LogP contribution in [0.4, 0.5) is 5.95 Å². The van der Waals surface area contributed by atoms with Gasteiger partial charge in [0.25, 0.3) is 5.56 Å². The molecule has 1 atom stereocenters. The summed E-state index contributed by atoms with van der Waals surface area (Å²) in [4.78, 5) is 14.4. The highest BCUT2D eigenvalue weighted by Gasteiger charge is 2.02. The Bertz CT molecular complexity index is 332. The van der Waals surface area contributed by atoms with E-state index in [1.54, 1.807) is 10.8 Å². The molecule has 1 heterocycles. The SMILES string of the molecule is CCC(C)Cn1ccc(=O)nc1N. The molecule has 0 spiro atoms. The topological polar surface area (TPSA) is 60.9 Å². The smallest absolute Gasteiger partial charge is 0.274 e. The van der Waals surface area contributed by atoms with Crippen LogP contribution in [-0.2, 0) is 6.54 Å². The maximum absolute atomic E-state index is 10.8. The van der Waals surface area contributed by atoms with E-state index in [1.807, 2.05) is 0 Å². The van der Waals surface area contributed by atoms with Gasteiger partial charge in [-0.05, 0) is 5.92 Å². The van der Waals surface area contributed by atoms with Gasteiger partial charge < -0.3 is 10.3 Å². The van der Waals surface area contributed by atoms with Gasteiger partial charge in [0, 0.05) is 18.8 Å². The summed E-state index contributed by atoms with van der Waals surface area (Å²) in [6, 6.07) is 1.43. The Balaban J connectivity index is 2.83. The maximum atomic E-state index is 10.8. The van der Waals surface area contributed by atoms with Crippen LogP contribution in [0.25, 0.3) is 0 Å². The third kappa shape index (κ3) is 2.57. The van der Waals surface area contributed by atoms with E-state index in [0.29, 0.717) is 11.9 Å². The average molecular weight is 181 g/mol. The zero-order valence-electron chi connectivity index (χ0n) is 8.03. The number of hydrogen-bond acceptors (Lipinski definition) is 3. The molecule has 1 aromatic rings. The number of nitrogens with two attached hydrogens (primary N) is 1. The lowest BCUT2D eigenvalue weighted by Crippen LogP contribution is -2.17. The lowest BCUT2D eigenvalue weighted by Gasteiger charge is -2.12. The highest BCUT2D eigenvalue weighted by Crippen LogP contribution is 2.06. The van der Waals surface area contributed by atoms with E-state index in [1.165, 1.54) is 6.07 Å². The van der Waals surface area contributed by atoms with Gasteiger partial charge >= 0.3 is 0 Å². The van der Waals surface area contributed by atoms with Gasteiger partial charge in [-0.1, -0.05) is 20.3 Å². The van der Waals surface area contributed by atoms with Crippen LogP contribution in [-0.4, -0.2) is 9.55 Å². The molecule has 4 nitrogen and oxygen atoms in total. The molecule has 1 unspecified atom stereocenters. The van der Waals surface area contributed by atoms with Crippen LogP contribution in [0.2, 0.25) is 0 Å². The Morgan fingerprint density at radius 3 is 2.92 bits per heavy atom. The van der Waals surface area contributed by atoms with E-state index in [2.05, 4.69) is 18.8 Å². The molecule has 0 saturated heterocycles. The van der Waals surface area contributed by atoms with Crippen molar-refractivity contribution in [2.75, 3.05) is 5.73 Å². The Morgan fingerprint density at radius 2 is 2.38 bits per heavy atom. The zero-order chi connectivity index (χ0) is 9.84. The maximum Gasteiger partial charge on any atom is 0.274 e. The minimum absolute atomic E-state index is 0.280. The molecule has 0 bridgehead atoms. The molecule has 0 aliphatic heterocycles. The van der Waals surface area contributed by atoms with Crippen molar-refractivity contribution in [1.82, 2.24) is 9.55 Å². The molecule has 0 radical (unpaired) electrons.